The van der Waals surface area contributed by atoms with Crippen molar-refractivity contribution in [3.63, 3.8) is 0 Å². The predicted octanol–water partition coefficient (Wildman–Crippen LogP) is 5.54. The number of nitrogens with zero attached hydrogens (tertiary/aromatic N) is 1. The number of hydrogen-bond acceptors (Lipinski definition) is 3. The number of aromatic nitrogens is 1. The first-order valence-corrected chi connectivity index (χ1v) is 9.60. The molecule has 0 saturated carbocycles. The van der Waals surface area contributed by atoms with E-state index in [2.05, 4.69) is 39.8 Å². The van der Waals surface area contributed by atoms with Gasteiger partial charge in [-0.2, -0.15) is 0 Å². The average Bonchev–Trinajstić information content (AvgIpc) is 2.98. The molecule has 3 rings (SSSR count). The first-order valence-electron chi connectivity index (χ1n) is 7.71. The fraction of sp³-hybridized carbons (Fsp3) is 0.158. The Kier molecular flexibility index (Phi) is 5.30. The summed E-state index contributed by atoms with van der Waals surface area (Å²) in [6.07, 6.45) is 0.968. The summed E-state index contributed by atoms with van der Waals surface area (Å²) in [5, 5.41) is 4.02. The van der Waals surface area contributed by atoms with Crippen LogP contribution in [0.3, 0.4) is 0 Å². The third kappa shape index (κ3) is 3.67. The molecule has 0 aliphatic carbocycles. The van der Waals surface area contributed by atoms with Crippen LogP contribution in [0.1, 0.15) is 27.2 Å². The topological polar surface area (TPSA) is 42.0 Å². The summed E-state index contributed by atoms with van der Waals surface area (Å²) in [6.45, 7) is 4.16. The number of benzene rings is 2. The molecule has 3 nitrogen and oxygen atoms in total. The van der Waals surface area contributed by atoms with Crippen LogP contribution in [0, 0.1) is 10.5 Å². The zero-order valence-corrected chi connectivity index (χ0v) is 16.4. The standard InChI is InChI=1S/C19H17IN2OS/c1-3-17-18(21-12(2)24-17)13-8-10-14(11-9-13)19(23)22-16-7-5-4-6-15(16)20/h4-11H,3H2,1-2H3,(H,22,23). The zero-order valence-electron chi connectivity index (χ0n) is 13.5. The molecule has 122 valence electrons. The first-order chi connectivity index (χ1) is 11.6. The molecule has 1 N–H and O–H groups in total. The summed E-state index contributed by atoms with van der Waals surface area (Å²) in [5.74, 6) is -0.101. The van der Waals surface area contributed by atoms with Gasteiger partial charge in [0.15, 0.2) is 0 Å². The van der Waals surface area contributed by atoms with Gasteiger partial charge >= 0.3 is 0 Å². The van der Waals surface area contributed by atoms with Crippen LogP contribution in [-0.2, 0) is 6.42 Å². The minimum absolute atomic E-state index is 0.101. The van der Waals surface area contributed by atoms with Crippen LogP contribution in [0.4, 0.5) is 5.69 Å². The monoisotopic (exact) mass is 448 g/mol. The number of anilines is 1. The Labute approximate surface area is 159 Å². The molecular weight excluding hydrogens is 431 g/mol. The molecule has 0 radical (unpaired) electrons. The molecular formula is C19H17IN2OS. The second kappa shape index (κ2) is 7.44. The second-order valence-corrected chi connectivity index (χ2v) is 7.82. The summed E-state index contributed by atoms with van der Waals surface area (Å²) >= 11 is 3.95. The smallest absolute Gasteiger partial charge is 0.255 e. The molecule has 0 saturated heterocycles. The molecule has 5 heteroatoms. The number of carbonyl (C=O) groups is 1. The third-order valence-corrected chi connectivity index (χ3v) is 5.72. The molecule has 0 fully saturated rings. The SMILES string of the molecule is CCc1sc(C)nc1-c1ccc(C(=O)Nc2ccccc2I)cc1. The molecule has 0 bridgehead atoms. The fourth-order valence-corrected chi connectivity index (χ4v) is 3.89. The van der Waals surface area contributed by atoms with E-state index in [0.717, 1.165) is 31.9 Å². The lowest BCUT2D eigenvalue weighted by atomic mass is 10.1. The van der Waals surface area contributed by atoms with Crippen molar-refractivity contribution in [1.29, 1.82) is 0 Å². The number of rotatable bonds is 4. The minimum Gasteiger partial charge on any atom is -0.321 e. The van der Waals surface area contributed by atoms with Crippen LogP contribution in [-0.4, -0.2) is 10.9 Å². The maximum atomic E-state index is 12.4. The lowest BCUT2D eigenvalue weighted by molar-refractivity contribution is 0.102. The van der Waals surface area contributed by atoms with Crippen LogP contribution in [0.2, 0.25) is 0 Å². The van der Waals surface area contributed by atoms with E-state index in [0.29, 0.717) is 5.56 Å². The van der Waals surface area contributed by atoms with Crippen molar-refractivity contribution in [3.8, 4) is 11.3 Å². The van der Waals surface area contributed by atoms with Gasteiger partial charge in [0.05, 0.1) is 16.4 Å². The quantitative estimate of drug-likeness (QED) is 0.533. The van der Waals surface area contributed by atoms with Crippen molar-refractivity contribution < 1.29 is 4.79 Å². The highest BCUT2D eigenvalue weighted by atomic mass is 127. The number of thiazole rings is 1. The van der Waals surface area contributed by atoms with E-state index in [-0.39, 0.29) is 5.91 Å². The Balaban J connectivity index is 1.81. The molecule has 1 amide bonds. The number of hydrogen-bond donors (Lipinski definition) is 1. The van der Waals surface area contributed by atoms with E-state index >= 15 is 0 Å². The van der Waals surface area contributed by atoms with Gasteiger partial charge in [0.2, 0.25) is 0 Å². The Morgan fingerprint density at radius 3 is 2.54 bits per heavy atom. The van der Waals surface area contributed by atoms with Gasteiger partial charge in [0.25, 0.3) is 5.91 Å². The van der Waals surface area contributed by atoms with Crippen LogP contribution < -0.4 is 5.32 Å². The fourth-order valence-electron chi connectivity index (χ4n) is 2.47. The molecule has 0 aliphatic rings. The number of para-hydroxylation sites is 1. The Bertz CT molecular complexity index is 871. The highest BCUT2D eigenvalue weighted by Crippen LogP contribution is 2.28. The largest absolute Gasteiger partial charge is 0.321 e. The predicted molar refractivity (Wildman–Crippen MR) is 109 cm³/mol. The van der Waals surface area contributed by atoms with E-state index in [1.54, 1.807) is 11.3 Å². The van der Waals surface area contributed by atoms with Crippen molar-refractivity contribution in [2.75, 3.05) is 5.32 Å². The average molecular weight is 448 g/mol. The van der Waals surface area contributed by atoms with Gasteiger partial charge in [-0.15, -0.1) is 11.3 Å². The summed E-state index contributed by atoms with van der Waals surface area (Å²) in [7, 11) is 0. The van der Waals surface area contributed by atoms with Crippen LogP contribution in [0.15, 0.2) is 48.5 Å². The van der Waals surface area contributed by atoms with Gasteiger partial charge in [-0.05, 0) is 60.2 Å². The van der Waals surface area contributed by atoms with E-state index in [1.165, 1.54) is 4.88 Å². The Morgan fingerprint density at radius 2 is 1.88 bits per heavy atom. The van der Waals surface area contributed by atoms with Gasteiger partial charge in [0.1, 0.15) is 0 Å². The summed E-state index contributed by atoms with van der Waals surface area (Å²) in [5.41, 5.74) is 3.56. The number of amides is 1. The molecule has 3 aromatic rings. The van der Waals surface area contributed by atoms with E-state index in [4.69, 9.17) is 0 Å². The Hall–Kier alpha value is -1.73. The number of halogens is 1. The third-order valence-electron chi connectivity index (χ3n) is 3.67. The highest BCUT2D eigenvalue weighted by Gasteiger charge is 2.12. The lowest BCUT2D eigenvalue weighted by Gasteiger charge is -2.08. The molecule has 0 atom stereocenters. The second-order valence-electron chi connectivity index (χ2n) is 5.37. The van der Waals surface area contributed by atoms with E-state index in [9.17, 15) is 4.79 Å². The van der Waals surface area contributed by atoms with Gasteiger partial charge in [-0.1, -0.05) is 31.2 Å². The zero-order chi connectivity index (χ0) is 17.1. The summed E-state index contributed by atoms with van der Waals surface area (Å²) in [6, 6.07) is 15.4. The van der Waals surface area contributed by atoms with Crippen LogP contribution in [0.25, 0.3) is 11.3 Å². The summed E-state index contributed by atoms with van der Waals surface area (Å²) < 4.78 is 1.02. The molecule has 0 spiro atoms. The van der Waals surface area contributed by atoms with Crippen molar-refractivity contribution in [3.05, 3.63) is 67.5 Å². The normalized spacial score (nSPS) is 10.6. The van der Waals surface area contributed by atoms with Crippen molar-refractivity contribution in [2.24, 2.45) is 0 Å². The van der Waals surface area contributed by atoms with Crippen LogP contribution >= 0.6 is 33.9 Å². The summed E-state index contributed by atoms with van der Waals surface area (Å²) in [4.78, 5) is 18.3. The molecule has 1 heterocycles. The van der Waals surface area contributed by atoms with Gasteiger partial charge in [0, 0.05) is 19.6 Å². The maximum absolute atomic E-state index is 12.4. The number of aryl methyl sites for hydroxylation is 2. The molecule has 24 heavy (non-hydrogen) atoms. The van der Waals surface area contributed by atoms with Crippen molar-refractivity contribution in [2.45, 2.75) is 20.3 Å². The molecule has 0 aliphatic heterocycles. The van der Waals surface area contributed by atoms with Crippen LogP contribution in [0.5, 0.6) is 0 Å². The van der Waals surface area contributed by atoms with E-state index < -0.39 is 0 Å². The number of nitrogens with one attached hydrogen (secondary N) is 1. The maximum Gasteiger partial charge on any atom is 0.255 e. The Morgan fingerprint density at radius 1 is 1.17 bits per heavy atom. The van der Waals surface area contributed by atoms with E-state index in [1.807, 2.05) is 55.5 Å². The van der Waals surface area contributed by atoms with Gasteiger partial charge in [-0.25, -0.2) is 4.98 Å². The molecule has 2 aromatic carbocycles. The van der Waals surface area contributed by atoms with Crippen molar-refractivity contribution >= 4 is 45.5 Å². The molecule has 1 aromatic heterocycles. The number of carbonyl (C=O) groups excluding carboxylic acids is 1. The lowest BCUT2D eigenvalue weighted by Crippen LogP contribution is -2.12. The highest BCUT2D eigenvalue weighted by molar-refractivity contribution is 14.1. The van der Waals surface area contributed by atoms with Gasteiger partial charge < -0.3 is 5.32 Å². The van der Waals surface area contributed by atoms with Crippen molar-refractivity contribution in [1.82, 2.24) is 4.98 Å². The molecule has 0 unspecified atom stereocenters. The first kappa shape index (κ1) is 17.1. The minimum atomic E-state index is -0.101. The van der Waals surface area contributed by atoms with Gasteiger partial charge in [-0.3, -0.25) is 4.79 Å².